The van der Waals surface area contributed by atoms with Gasteiger partial charge in [0.05, 0.1) is 24.6 Å². The van der Waals surface area contributed by atoms with Gasteiger partial charge in [-0.25, -0.2) is 13.6 Å². The maximum Gasteiger partial charge on any atom is 0.341 e. The summed E-state index contributed by atoms with van der Waals surface area (Å²) in [6.45, 7) is 0.134. The Morgan fingerprint density at radius 3 is 2.72 bits per heavy atom. The summed E-state index contributed by atoms with van der Waals surface area (Å²) in [7, 11) is 1.35. The summed E-state index contributed by atoms with van der Waals surface area (Å²) in [5, 5.41) is 11.8. The number of amides is 1. The molecule has 2 N–H and O–H groups in total. The summed E-state index contributed by atoms with van der Waals surface area (Å²) in [4.78, 5) is 48.2. The molecule has 2 fully saturated rings. The molecule has 0 bridgehead atoms. The predicted molar refractivity (Wildman–Crippen MR) is 128 cm³/mol. The first-order valence-corrected chi connectivity index (χ1v) is 11.8. The molecule has 11 heteroatoms. The van der Waals surface area contributed by atoms with Gasteiger partial charge in [0.2, 0.25) is 11.3 Å². The second-order valence-corrected chi connectivity index (χ2v) is 8.97. The molecule has 192 valence electrons. The predicted octanol–water partition coefficient (Wildman–Crippen LogP) is 3.10. The number of methoxy groups -OCH3 is 1. The molecule has 2 heterocycles. The number of aromatic nitrogens is 1. The summed E-state index contributed by atoms with van der Waals surface area (Å²) in [6, 6.07) is 0.998. The molecule has 1 aliphatic heterocycles. The Morgan fingerprint density at radius 1 is 1.33 bits per heavy atom. The van der Waals surface area contributed by atoms with E-state index in [4.69, 9.17) is 4.74 Å². The van der Waals surface area contributed by atoms with Crippen molar-refractivity contribution < 1.29 is 33.0 Å². The number of carbonyl (C=O) groups is 3. The minimum atomic E-state index is -1.39. The first-order chi connectivity index (χ1) is 17.3. The lowest BCUT2D eigenvalue weighted by molar-refractivity contribution is -0.122. The minimum Gasteiger partial charge on any atom is -0.492 e. The van der Waals surface area contributed by atoms with Gasteiger partial charge >= 0.3 is 5.97 Å². The van der Waals surface area contributed by atoms with Crippen LogP contribution in [0.1, 0.15) is 54.9 Å². The summed E-state index contributed by atoms with van der Waals surface area (Å²) in [5.74, 6) is -3.04. The largest absolute Gasteiger partial charge is 0.492 e. The lowest BCUT2D eigenvalue weighted by Crippen LogP contribution is -2.34. The molecular weight excluding hydrogens is 476 g/mol. The van der Waals surface area contributed by atoms with Crippen molar-refractivity contribution in [3.63, 3.8) is 0 Å². The van der Waals surface area contributed by atoms with Gasteiger partial charge in [-0.3, -0.25) is 9.59 Å². The van der Waals surface area contributed by atoms with Crippen LogP contribution < -0.4 is 20.4 Å². The van der Waals surface area contributed by atoms with Crippen molar-refractivity contribution in [2.24, 2.45) is 0 Å². The number of carboxylic acid groups (broad SMARTS) is 1. The van der Waals surface area contributed by atoms with Crippen LogP contribution in [0.5, 0.6) is 5.75 Å². The maximum absolute atomic E-state index is 15.5. The Hall–Kier alpha value is -3.76. The normalized spacial score (nSPS) is 17.1. The molecule has 1 amide bonds. The second kappa shape index (κ2) is 10.5. The van der Waals surface area contributed by atoms with E-state index in [0.717, 1.165) is 18.9 Å². The molecule has 0 spiro atoms. The van der Waals surface area contributed by atoms with E-state index in [-0.39, 0.29) is 48.8 Å². The highest BCUT2D eigenvalue weighted by atomic mass is 19.1. The molecule has 1 saturated heterocycles. The Kier molecular flexibility index (Phi) is 7.37. The van der Waals surface area contributed by atoms with Crippen LogP contribution in [0, 0.1) is 5.82 Å². The van der Waals surface area contributed by atoms with Gasteiger partial charge in [0.1, 0.15) is 23.4 Å². The Labute approximate surface area is 205 Å². The van der Waals surface area contributed by atoms with Crippen molar-refractivity contribution in [3.05, 3.63) is 45.3 Å². The monoisotopic (exact) mass is 503 g/mol. The number of fused-ring (bicyclic) bond motifs is 1. The highest BCUT2D eigenvalue weighted by molar-refractivity contribution is 5.97. The van der Waals surface area contributed by atoms with Gasteiger partial charge < -0.3 is 29.4 Å². The lowest BCUT2D eigenvalue weighted by Gasteiger charge is -2.33. The minimum absolute atomic E-state index is 0.0238. The zero-order valence-corrected chi connectivity index (χ0v) is 19.8. The Morgan fingerprint density at radius 2 is 2.08 bits per heavy atom. The van der Waals surface area contributed by atoms with E-state index < -0.39 is 34.5 Å². The molecule has 0 atom stereocenters. The van der Waals surface area contributed by atoms with Crippen molar-refractivity contribution >= 4 is 34.8 Å². The zero-order chi connectivity index (χ0) is 26.0. The van der Waals surface area contributed by atoms with E-state index in [1.54, 1.807) is 9.47 Å². The summed E-state index contributed by atoms with van der Waals surface area (Å²) < 4.78 is 37.7. The average molecular weight is 504 g/mol. The van der Waals surface area contributed by atoms with Gasteiger partial charge in [-0.05, 0) is 37.3 Å². The molecule has 1 aromatic heterocycles. The molecule has 2 aromatic rings. The van der Waals surface area contributed by atoms with Gasteiger partial charge in [0.25, 0.3) is 0 Å². The molecule has 4 rings (SSSR count). The van der Waals surface area contributed by atoms with Crippen LogP contribution in [0.25, 0.3) is 10.9 Å². The van der Waals surface area contributed by atoms with E-state index in [2.05, 4.69) is 5.32 Å². The highest BCUT2D eigenvalue weighted by Gasteiger charge is 2.32. The third-order valence-corrected chi connectivity index (χ3v) is 6.49. The molecule has 36 heavy (non-hydrogen) atoms. The number of carboxylic acids is 1. The van der Waals surface area contributed by atoms with Gasteiger partial charge in [-0.15, -0.1) is 0 Å². The molecule has 0 unspecified atom stereocenters. The van der Waals surface area contributed by atoms with Crippen LogP contribution in [0.3, 0.4) is 0 Å². The van der Waals surface area contributed by atoms with Crippen LogP contribution in [0.4, 0.5) is 14.5 Å². The molecule has 1 saturated carbocycles. The SMILES string of the molecule is COc1c(N2CCC/C(=C(\F)CNC(=O)CCC=O)C2)c(F)cc2c(=O)c(C(=O)O)cn(C3CC3)c12. The third-order valence-electron chi connectivity index (χ3n) is 6.49. The smallest absolute Gasteiger partial charge is 0.341 e. The van der Waals surface area contributed by atoms with Crippen LogP contribution in [-0.4, -0.2) is 54.6 Å². The van der Waals surface area contributed by atoms with Crippen molar-refractivity contribution in [1.82, 2.24) is 9.88 Å². The topological polar surface area (TPSA) is 118 Å². The van der Waals surface area contributed by atoms with E-state index in [0.29, 0.717) is 36.8 Å². The first kappa shape index (κ1) is 25.3. The molecule has 2 aliphatic rings. The number of hydrogen-bond acceptors (Lipinski definition) is 6. The number of aldehydes is 1. The summed E-state index contributed by atoms with van der Waals surface area (Å²) >= 11 is 0. The molecule has 0 radical (unpaired) electrons. The summed E-state index contributed by atoms with van der Waals surface area (Å²) in [6.07, 6.45) is 4.45. The van der Waals surface area contributed by atoms with Crippen molar-refractivity contribution in [1.29, 1.82) is 0 Å². The highest BCUT2D eigenvalue weighted by Crippen LogP contribution is 2.44. The Balaban J connectivity index is 1.73. The first-order valence-electron chi connectivity index (χ1n) is 11.8. The number of benzene rings is 1. The number of pyridine rings is 1. The van der Waals surface area contributed by atoms with Crippen LogP contribution >= 0.6 is 0 Å². The zero-order valence-electron chi connectivity index (χ0n) is 19.8. The van der Waals surface area contributed by atoms with E-state index in [1.807, 2.05) is 0 Å². The summed E-state index contributed by atoms with van der Waals surface area (Å²) in [5.41, 5.74) is -0.454. The van der Waals surface area contributed by atoms with Crippen LogP contribution in [0.15, 0.2) is 28.5 Å². The number of nitrogens with one attached hydrogen (secondary N) is 1. The fourth-order valence-corrected chi connectivity index (χ4v) is 4.59. The number of nitrogens with zero attached hydrogens (tertiary/aromatic N) is 2. The van der Waals surface area contributed by atoms with Gasteiger partial charge in [0, 0.05) is 38.2 Å². The number of piperidine rings is 1. The number of rotatable bonds is 9. The number of carbonyl (C=O) groups excluding carboxylic acids is 2. The maximum atomic E-state index is 15.5. The van der Waals surface area contributed by atoms with Gasteiger partial charge in [-0.2, -0.15) is 0 Å². The standard InChI is InChI=1S/C25H27F2N3O6/c1-36-24-21-16(23(33)17(25(34)35)13-30(21)15-6-7-15)10-18(26)22(24)29-8-2-4-14(12-29)19(27)11-28-20(32)5-3-9-31/h9-10,13,15H,2-8,11-12H2,1H3,(H,28,32)(H,34,35)/b19-14+. The number of ether oxygens (including phenoxy) is 1. The third kappa shape index (κ3) is 4.95. The number of anilines is 1. The fraction of sp³-hybridized carbons (Fsp3) is 0.440. The van der Waals surface area contributed by atoms with Gasteiger partial charge in [0.15, 0.2) is 11.6 Å². The molecule has 9 nitrogen and oxygen atoms in total. The Bertz CT molecular complexity index is 1320. The van der Waals surface area contributed by atoms with Gasteiger partial charge in [-0.1, -0.05) is 0 Å². The molecule has 1 aliphatic carbocycles. The van der Waals surface area contributed by atoms with Crippen molar-refractivity contribution in [2.75, 3.05) is 31.6 Å². The lowest BCUT2D eigenvalue weighted by atomic mass is 10.0. The molecule has 1 aromatic carbocycles. The second-order valence-electron chi connectivity index (χ2n) is 8.97. The van der Waals surface area contributed by atoms with E-state index in [1.165, 1.54) is 13.3 Å². The fourth-order valence-electron chi connectivity index (χ4n) is 4.59. The van der Waals surface area contributed by atoms with E-state index in [9.17, 15) is 28.7 Å². The van der Waals surface area contributed by atoms with Crippen molar-refractivity contribution in [3.8, 4) is 5.75 Å². The molecular formula is C25H27F2N3O6. The number of aromatic carboxylic acids is 1. The van der Waals surface area contributed by atoms with E-state index >= 15 is 4.39 Å². The quantitative estimate of drug-likeness (QED) is 0.505. The number of hydrogen-bond donors (Lipinski definition) is 2. The number of halogens is 2. The average Bonchev–Trinajstić information content (AvgIpc) is 3.71. The van der Waals surface area contributed by atoms with Crippen LogP contribution in [-0.2, 0) is 9.59 Å². The van der Waals surface area contributed by atoms with Crippen LogP contribution in [0.2, 0.25) is 0 Å². The van der Waals surface area contributed by atoms with Crippen molar-refractivity contribution in [2.45, 2.75) is 44.6 Å².